The molecule has 1 fully saturated rings. The minimum absolute atomic E-state index is 0.0797. The Balaban J connectivity index is 1.62. The predicted octanol–water partition coefficient (Wildman–Crippen LogP) is 5.23. The molecule has 7 nitrogen and oxygen atoms in total. The molecule has 2 aromatic carbocycles. The number of carbonyl (C=O) groups excluding carboxylic acids is 1. The first kappa shape index (κ1) is 23.4. The predicted molar refractivity (Wildman–Crippen MR) is 137 cm³/mol. The van der Waals surface area contributed by atoms with E-state index in [-0.39, 0.29) is 11.9 Å². The molecular weight excluding hydrogens is 464 g/mol. The molecule has 0 N–H and O–H groups in total. The fourth-order valence-corrected chi connectivity index (χ4v) is 5.84. The van der Waals surface area contributed by atoms with Crippen molar-refractivity contribution < 1.29 is 23.7 Å². The Morgan fingerprint density at radius 2 is 1.60 bits per heavy atom. The van der Waals surface area contributed by atoms with Gasteiger partial charge in [0.2, 0.25) is 5.91 Å². The number of amides is 1. The van der Waals surface area contributed by atoms with Gasteiger partial charge in [0.25, 0.3) is 0 Å². The van der Waals surface area contributed by atoms with E-state index in [1.807, 2.05) is 41.3 Å². The summed E-state index contributed by atoms with van der Waals surface area (Å²) in [7, 11) is 6.52. The van der Waals surface area contributed by atoms with Gasteiger partial charge in [0.05, 0.1) is 45.9 Å². The number of nitrogens with zero attached hydrogens (tertiary/aromatic N) is 2. The maximum Gasteiger partial charge on any atom is 0.239 e. The topological polar surface area (TPSA) is 69.6 Å². The first-order valence-corrected chi connectivity index (χ1v) is 12.5. The second-order valence-electron chi connectivity index (χ2n) is 8.48. The number of methoxy groups -OCH3 is 4. The van der Waals surface area contributed by atoms with Gasteiger partial charge in [0, 0.05) is 0 Å². The van der Waals surface area contributed by atoms with Gasteiger partial charge in [-0.2, -0.15) is 0 Å². The third-order valence-corrected chi connectivity index (χ3v) is 7.51. The Morgan fingerprint density at radius 3 is 2.31 bits per heavy atom. The van der Waals surface area contributed by atoms with Gasteiger partial charge in [-0.1, -0.05) is 23.9 Å². The zero-order chi connectivity index (χ0) is 24.5. The van der Waals surface area contributed by atoms with Gasteiger partial charge in [-0.3, -0.25) is 9.69 Å². The molecule has 1 amide bonds. The third kappa shape index (κ3) is 4.16. The number of benzene rings is 2. The third-order valence-electron chi connectivity index (χ3n) is 6.57. The molecule has 182 valence electrons. The fourth-order valence-electron chi connectivity index (χ4n) is 4.94. The number of fused-ring (bicyclic) bond motifs is 1. The van der Waals surface area contributed by atoms with Crippen LogP contribution in [0.5, 0.6) is 23.0 Å². The van der Waals surface area contributed by atoms with Crippen molar-refractivity contribution in [3.05, 3.63) is 64.4 Å². The lowest BCUT2D eigenvalue weighted by Gasteiger charge is -2.37. The summed E-state index contributed by atoms with van der Waals surface area (Å²) in [6.45, 7) is 0. The Hall–Kier alpha value is -3.39. The van der Waals surface area contributed by atoms with Gasteiger partial charge >= 0.3 is 0 Å². The van der Waals surface area contributed by atoms with Gasteiger partial charge in [0.1, 0.15) is 0 Å². The van der Waals surface area contributed by atoms with E-state index >= 15 is 0 Å². The second kappa shape index (κ2) is 9.70. The van der Waals surface area contributed by atoms with Crippen molar-refractivity contribution in [1.29, 1.82) is 0 Å². The molecule has 0 radical (unpaired) electrons. The largest absolute Gasteiger partial charge is 0.493 e. The maximum atomic E-state index is 13.0. The Labute approximate surface area is 209 Å². The molecule has 35 heavy (non-hydrogen) atoms. The second-order valence-corrected chi connectivity index (χ2v) is 9.42. The van der Waals surface area contributed by atoms with Crippen LogP contribution in [0.3, 0.4) is 0 Å². The van der Waals surface area contributed by atoms with Gasteiger partial charge in [-0.25, -0.2) is 4.99 Å². The summed E-state index contributed by atoms with van der Waals surface area (Å²) in [4.78, 5) is 19.8. The van der Waals surface area contributed by atoms with Crippen LogP contribution >= 0.6 is 11.8 Å². The molecule has 2 heterocycles. The Bertz CT molecular complexity index is 1270. The number of hydrogen-bond donors (Lipinski definition) is 0. The molecule has 8 heteroatoms. The number of hydrogen-bond acceptors (Lipinski definition) is 7. The van der Waals surface area contributed by atoms with Gasteiger partial charge < -0.3 is 18.9 Å². The number of carbonyl (C=O) groups is 1. The van der Waals surface area contributed by atoms with Crippen molar-refractivity contribution in [1.82, 2.24) is 4.90 Å². The number of aliphatic imine (C=N–C) groups is 1. The van der Waals surface area contributed by atoms with Crippen LogP contribution in [-0.4, -0.2) is 50.2 Å². The highest BCUT2D eigenvalue weighted by molar-refractivity contribution is 8.15. The highest BCUT2D eigenvalue weighted by atomic mass is 32.2. The number of ether oxygens (including phenoxy) is 4. The lowest BCUT2D eigenvalue weighted by Crippen LogP contribution is -2.38. The highest BCUT2D eigenvalue weighted by Gasteiger charge is 2.42. The number of allylic oxidation sites excluding steroid dienone is 1. The van der Waals surface area contributed by atoms with Crippen LogP contribution in [0, 0.1) is 0 Å². The average molecular weight is 493 g/mol. The van der Waals surface area contributed by atoms with E-state index in [4.69, 9.17) is 23.9 Å². The SMILES string of the molecule is COc1ccc(/C=C2\CCCC3=C2N=C2SCC(=O)N2C3c2ccc(OC)c(OC)c2)cc1OC. The molecule has 2 aromatic rings. The van der Waals surface area contributed by atoms with Crippen LogP contribution in [0.25, 0.3) is 6.08 Å². The number of rotatable bonds is 6. The average Bonchev–Trinajstić information content (AvgIpc) is 3.27. The zero-order valence-corrected chi connectivity index (χ0v) is 21.1. The van der Waals surface area contributed by atoms with Crippen molar-refractivity contribution >= 4 is 28.9 Å². The molecule has 5 rings (SSSR count). The quantitative estimate of drug-likeness (QED) is 0.550. The molecule has 0 spiro atoms. The smallest absolute Gasteiger partial charge is 0.239 e. The summed E-state index contributed by atoms with van der Waals surface area (Å²) < 4.78 is 21.9. The summed E-state index contributed by atoms with van der Waals surface area (Å²) >= 11 is 1.50. The monoisotopic (exact) mass is 492 g/mol. The number of amidine groups is 1. The van der Waals surface area contributed by atoms with Crippen LogP contribution in [-0.2, 0) is 4.79 Å². The zero-order valence-electron chi connectivity index (χ0n) is 20.3. The van der Waals surface area contributed by atoms with E-state index in [9.17, 15) is 4.79 Å². The van der Waals surface area contributed by atoms with Crippen molar-refractivity contribution in [3.8, 4) is 23.0 Å². The summed E-state index contributed by atoms with van der Waals surface area (Å²) in [5.41, 5.74) is 5.32. The molecule has 1 atom stereocenters. The van der Waals surface area contributed by atoms with Crippen LogP contribution in [0.1, 0.15) is 36.4 Å². The minimum atomic E-state index is -0.214. The van der Waals surface area contributed by atoms with Crippen LogP contribution in [0.4, 0.5) is 0 Å². The van der Waals surface area contributed by atoms with E-state index in [0.717, 1.165) is 52.4 Å². The number of thioether (sulfide) groups is 1. The van der Waals surface area contributed by atoms with E-state index < -0.39 is 0 Å². The summed E-state index contributed by atoms with van der Waals surface area (Å²) in [6, 6.07) is 11.6. The lowest BCUT2D eigenvalue weighted by atomic mass is 9.83. The molecule has 0 aromatic heterocycles. The molecular formula is C27H28N2O5S. The van der Waals surface area contributed by atoms with E-state index in [1.165, 1.54) is 11.8 Å². The first-order chi connectivity index (χ1) is 17.1. The van der Waals surface area contributed by atoms with Crippen LogP contribution in [0.2, 0.25) is 0 Å². The molecule has 2 aliphatic heterocycles. The summed E-state index contributed by atoms with van der Waals surface area (Å²) in [5, 5.41) is 0.758. The van der Waals surface area contributed by atoms with Crippen molar-refractivity contribution in [2.75, 3.05) is 34.2 Å². The van der Waals surface area contributed by atoms with E-state index in [0.29, 0.717) is 28.8 Å². The molecule has 1 unspecified atom stereocenters. The summed E-state index contributed by atoms with van der Waals surface area (Å²) in [6.07, 6.45) is 4.95. The standard InChI is InChI=1S/C27H28N2O5S/c1-31-20-10-8-16(13-22(20)33-3)12-17-6-5-7-19-25(17)28-27-29(24(30)15-35-27)26(19)18-9-11-21(32-2)23(14-18)34-4/h8-14,26H,5-7,15H2,1-4H3/b17-12+. The molecule has 3 aliphatic rings. The normalized spacial score (nSPS) is 20.4. The Kier molecular flexibility index (Phi) is 6.47. The van der Waals surface area contributed by atoms with E-state index in [1.54, 1.807) is 28.4 Å². The highest BCUT2D eigenvalue weighted by Crippen LogP contribution is 2.48. The molecule has 0 saturated carbocycles. The molecule has 0 bridgehead atoms. The first-order valence-electron chi connectivity index (χ1n) is 11.5. The van der Waals surface area contributed by atoms with Crippen molar-refractivity contribution in [2.45, 2.75) is 25.3 Å². The van der Waals surface area contributed by atoms with Gasteiger partial charge in [-0.05, 0) is 71.9 Å². The minimum Gasteiger partial charge on any atom is -0.493 e. The van der Waals surface area contributed by atoms with Gasteiger partial charge in [0.15, 0.2) is 28.2 Å². The van der Waals surface area contributed by atoms with Crippen molar-refractivity contribution in [2.24, 2.45) is 4.99 Å². The molecule has 1 saturated heterocycles. The van der Waals surface area contributed by atoms with Crippen molar-refractivity contribution in [3.63, 3.8) is 0 Å². The Morgan fingerprint density at radius 1 is 0.914 bits per heavy atom. The van der Waals surface area contributed by atoms with Gasteiger partial charge in [-0.15, -0.1) is 0 Å². The summed E-state index contributed by atoms with van der Waals surface area (Å²) in [5.74, 6) is 3.17. The van der Waals surface area contributed by atoms with Crippen LogP contribution < -0.4 is 18.9 Å². The fraction of sp³-hybridized carbons (Fsp3) is 0.333. The maximum absolute atomic E-state index is 13.0. The lowest BCUT2D eigenvalue weighted by molar-refractivity contribution is -0.125. The van der Waals surface area contributed by atoms with E-state index in [2.05, 4.69) is 6.08 Å². The molecule has 1 aliphatic carbocycles. The van der Waals surface area contributed by atoms with Crippen LogP contribution in [0.15, 0.2) is 58.2 Å².